The lowest BCUT2D eigenvalue weighted by atomic mass is 10.2. The standard InChI is InChI=1S/C14H18ClF2NO2/c1-18(9-4-2-3-8-15)13(19)11-6-5-7-12(10-11)20-14(16)17/h5-7,10,14H,2-4,8-9H2,1H3. The van der Waals surface area contributed by atoms with Gasteiger partial charge in [-0.05, 0) is 31.0 Å². The summed E-state index contributed by atoms with van der Waals surface area (Å²) >= 11 is 5.58. The zero-order valence-electron chi connectivity index (χ0n) is 11.3. The fourth-order valence-corrected chi connectivity index (χ4v) is 1.94. The van der Waals surface area contributed by atoms with Crippen molar-refractivity contribution >= 4 is 17.5 Å². The third-order valence-electron chi connectivity index (χ3n) is 2.78. The van der Waals surface area contributed by atoms with Crippen molar-refractivity contribution in [2.45, 2.75) is 25.9 Å². The monoisotopic (exact) mass is 305 g/mol. The number of hydrogen-bond acceptors (Lipinski definition) is 2. The first-order valence-electron chi connectivity index (χ1n) is 6.41. The number of nitrogens with zero attached hydrogens (tertiary/aromatic N) is 1. The first-order valence-corrected chi connectivity index (χ1v) is 6.94. The summed E-state index contributed by atoms with van der Waals surface area (Å²) < 4.78 is 28.5. The Balaban J connectivity index is 2.57. The molecule has 0 saturated carbocycles. The molecule has 1 rings (SSSR count). The van der Waals surface area contributed by atoms with Gasteiger partial charge in [-0.3, -0.25) is 4.79 Å². The van der Waals surface area contributed by atoms with E-state index in [0.29, 0.717) is 18.0 Å². The molecule has 0 fully saturated rings. The van der Waals surface area contributed by atoms with Crippen LogP contribution in [0.2, 0.25) is 0 Å². The van der Waals surface area contributed by atoms with Gasteiger partial charge in [0.2, 0.25) is 0 Å². The van der Waals surface area contributed by atoms with Gasteiger partial charge < -0.3 is 9.64 Å². The van der Waals surface area contributed by atoms with Crippen LogP contribution < -0.4 is 4.74 Å². The first kappa shape index (κ1) is 16.7. The van der Waals surface area contributed by atoms with Crippen molar-refractivity contribution in [1.29, 1.82) is 0 Å². The summed E-state index contributed by atoms with van der Waals surface area (Å²) in [6.07, 6.45) is 2.74. The van der Waals surface area contributed by atoms with Crippen LogP contribution in [0.25, 0.3) is 0 Å². The van der Waals surface area contributed by atoms with Crippen molar-refractivity contribution in [3.8, 4) is 5.75 Å². The molecule has 1 aromatic rings. The van der Waals surface area contributed by atoms with E-state index in [2.05, 4.69) is 4.74 Å². The Morgan fingerprint density at radius 3 is 2.75 bits per heavy atom. The third-order valence-corrected chi connectivity index (χ3v) is 3.05. The average molecular weight is 306 g/mol. The van der Waals surface area contributed by atoms with Gasteiger partial charge in [0.15, 0.2) is 0 Å². The number of ether oxygens (including phenoxy) is 1. The van der Waals surface area contributed by atoms with E-state index in [9.17, 15) is 13.6 Å². The van der Waals surface area contributed by atoms with Gasteiger partial charge in [-0.15, -0.1) is 11.6 Å². The van der Waals surface area contributed by atoms with Gasteiger partial charge in [-0.1, -0.05) is 12.5 Å². The molecule has 0 aliphatic rings. The molecule has 0 atom stereocenters. The number of carbonyl (C=O) groups is 1. The lowest BCUT2D eigenvalue weighted by Crippen LogP contribution is -2.27. The van der Waals surface area contributed by atoms with E-state index in [1.165, 1.54) is 18.2 Å². The van der Waals surface area contributed by atoms with E-state index >= 15 is 0 Å². The Morgan fingerprint density at radius 1 is 1.35 bits per heavy atom. The van der Waals surface area contributed by atoms with Gasteiger partial charge in [-0.25, -0.2) is 0 Å². The van der Waals surface area contributed by atoms with E-state index in [0.717, 1.165) is 19.3 Å². The maximum atomic E-state index is 12.1. The van der Waals surface area contributed by atoms with Crippen LogP contribution in [0.5, 0.6) is 5.75 Å². The zero-order chi connectivity index (χ0) is 15.0. The summed E-state index contributed by atoms with van der Waals surface area (Å²) in [5.74, 6) is 0.391. The highest BCUT2D eigenvalue weighted by atomic mass is 35.5. The molecule has 0 aliphatic heterocycles. The number of halogens is 3. The third kappa shape index (κ3) is 5.74. The zero-order valence-corrected chi connectivity index (χ0v) is 12.1. The second-order valence-corrected chi connectivity index (χ2v) is 4.76. The second-order valence-electron chi connectivity index (χ2n) is 4.38. The molecule has 6 heteroatoms. The summed E-state index contributed by atoms with van der Waals surface area (Å²) in [7, 11) is 1.68. The largest absolute Gasteiger partial charge is 0.435 e. The molecule has 3 nitrogen and oxygen atoms in total. The molecule has 1 aromatic carbocycles. The lowest BCUT2D eigenvalue weighted by Gasteiger charge is -2.17. The maximum absolute atomic E-state index is 12.1. The van der Waals surface area contributed by atoms with Gasteiger partial charge >= 0.3 is 6.61 Å². The van der Waals surface area contributed by atoms with E-state index in [-0.39, 0.29) is 11.7 Å². The van der Waals surface area contributed by atoms with Crippen LogP contribution in [0.4, 0.5) is 8.78 Å². The number of alkyl halides is 3. The predicted molar refractivity (Wildman–Crippen MR) is 74.6 cm³/mol. The quantitative estimate of drug-likeness (QED) is 0.540. The minimum absolute atomic E-state index is 0.0126. The van der Waals surface area contributed by atoms with Gasteiger partial charge in [0.05, 0.1) is 0 Å². The summed E-state index contributed by atoms with van der Waals surface area (Å²) in [5.41, 5.74) is 0.336. The van der Waals surface area contributed by atoms with Crippen molar-refractivity contribution in [1.82, 2.24) is 4.90 Å². The number of unbranched alkanes of at least 4 members (excludes halogenated alkanes) is 2. The molecular formula is C14H18ClF2NO2. The second kappa shape index (κ2) is 8.74. The Kier molecular flexibility index (Phi) is 7.30. The number of carbonyl (C=O) groups excluding carboxylic acids is 1. The van der Waals surface area contributed by atoms with Crippen molar-refractivity contribution in [2.24, 2.45) is 0 Å². The molecule has 0 spiro atoms. The summed E-state index contributed by atoms with van der Waals surface area (Å²) in [4.78, 5) is 13.7. The molecule has 0 aromatic heterocycles. The van der Waals surface area contributed by atoms with Crippen LogP contribution in [0, 0.1) is 0 Å². The molecule has 112 valence electrons. The first-order chi connectivity index (χ1) is 9.54. The van der Waals surface area contributed by atoms with Gasteiger partial charge in [0, 0.05) is 25.0 Å². The van der Waals surface area contributed by atoms with Gasteiger partial charge in [0.1, 0.15) is 5.75 Å². The maximum Gasteiger partial charge on any atom is 0.387 e. The molecular weight excluding hydrogens is 288 g/mol. The highest BCUT2D eigenvalue weighted by Crippen LogP contribution is 2.17. The van der Waals surface area contributed by atoms with Crippen molar-refractivity contribution in [3.63, 3.8) is 0 Å². The summed E-state index contributed by atoms with van der Waals surface area (Å²) in [5, 5.41) is 0. The SMILES string of the molecule is CN(CCCCCCl)C(=O)c1cccc(OC(F)F)c1. The highest BCUT2D eigenvalue weighted by Gasteiger charge is 2.13. The fraction of sp³-hybridized carbons (Fsp3) is 0.500. The smallest absolute Gasteiger partial charge is 0.387 e. The van der Waals surface area contributed by atoms with Crippen LogP contribution in [0.3, 0.4) is 0 Å². The number of hydrogen-bond donors (Lipinski definition) is 0. The minimum Gasteiger partial charge on any atom is -0.435 e. The fourth-order valence-electron chi connectivity index (χ4n) is 1.75. The van der Waals surface area contributed by atoms with E-state index in [1.807, 2.05) is 0 Å². The van der Waals surface area contributed by atoms with E-state index in [4.69, 9.17) is 11.6 Å². The van der Waals surface area contributed by atoms with Crippen molar-refractivity contribution in [2.75, 3.05) is 19.5 Å². The molecule has 0 bridgehead atoms. The number of amides is 1. The molecule has 0 saturated heterocycles. The highest BCUT2D eigenvalue weighted by molar-refractivity contribution is 6.17. The van der Waals surface area contributed by atoms with Crippen molar-refractivity contribution < 1.29 is 18.3 Å². The van der Waals surface area contributed by atoms with Crippen LogP contribution in [0.15, 0.2) is 24.3 Å². The number of rotatable bonds is 8. The summed E-state index contributed by atoms with van der Waals surface area (Å²) in [6.45, 7) is -2.29. The molecule has 0 radical (unpaired) electrons. The van der Waals surface area contributed by atoms with E-state index in [1.54, 1.807) is 18.0 Å². The van der Waals surface area contributed by atoms with Crippen molar-refractivity contribution in [3.05, 3.63) is 29.8 Å². The molecule has 0 aliphatic carbocycles. The Morgan fingerprint density at radius 2 is 2.10 bits per heavy atom. The Hall–Kier alpha value is -1.36. The minimum atomic E-state index is -2.89. The normalized spacial score (nSPS) is 10.7. The number of benzene rings is 1. The molecule has 0 N–H and O–H groups in total. The lowest BCUT2D eigenvalue weighted by molar-refractivity contribution is -0.0499. The summed E-state index contributed by atoms with van der Waals surface area (Å²) in [6, 6.07) is 5.81. The van der Waals surface area contributed by atoms with Gasteiger partial charge in [0.25, 0.3) is 5.91 Å². The molecule has 0 heterocycles. The molecule has 20 heavy (non-hydrogen) atoms. The van der Waals surface area contributed by atoms with Crippen LogP contribution in [0.1, 0.15) is 29.6 Å². The predicted octanol–water partition coefficient (Wildman–Crippen LogP) is 3.77. The van der Waals surface area contributed by atoms with E-state index < -0.39 is 6.61 Å². The van der Waals surface area contributed by atoms with Crippen LogP contribution in [-0.4, -0.2) is 36.9 Å². The van der Waals surface area contributed by atoms with Gasteiger partial charge in [-0.2, -0.15) is 8.78 Å². The Labute approximate surface area is 122 Å². The molecule has 1 amide bonds. The molecule has 0 unspecified atom stereocenters. The Bertz CT molecular complexity index is 429. The van der Waals surface area contributed by atoms with Crippen LogP contribution >= 0.6 is 11.6 Å². The van der Waals surface area contributed by atoms with Crippen LogP contribution in [-0.2, 0) is 0 Å². The average Bonchev–Trinajstić information content (AvgIpc) is 2.42. The topological polar surface area (TPSA) is 29.5 Å².